The summed E-state index contributed by atoms with van der Waals surface area (Å²) in [4.78, 5) is 14.9. The van der Waals surface area contributed by atoms with E-state index in [0.29, 0.717) is 23.6 Å². The third kappa shape index (κ3) is 4.09. The first kappa shape index (κ1) is 15.6. The molecule has 0 bridgehead atoms. The summed E-state index contributed by atoms with van der Waals surface area (Å²) in [6.07, 6.45) is 2.62. The fraction of sp³-hybridized carbons (Fsp3) is 0.333. The molecule has 5 nitrogen and oxygen atoms in total. The van der Waals surface area contributed by atoms with Gasteiger partial charge in [0.1, 0.15) is 0 Å². The summed E-state index contributed by atoms with van der Waals surface area (Å²) in [6.45, 7) is 1.84. The van der Waals surface area contributed by atoms with E-state index in [1.165, 1.54) is 0 Å². The number of rotatable bonds is 7. The fourth-order valence-corrected chi connectivity index (χ4v) is 3.59. The molecule has 0 fully saturated rings. The lowest BCUT2D eigenvalue weighted by molar-refractivity contribution is -0.158. The van der Waals surface area contributed by atoms with Gasteiger partial charge in [0.2, 0.25) is 6.41 Å². The number of pyridine rings is 1. The van der Waals surface area contributed by atoms with Crippen molar-refractivity contribution in [1.29, 1.82) is 0 Å². The highest BCUT2D eigenvalue weighted by molar-refractivity contribution is 7.84. The van der Waals surface area contributed by atoms with Crippen LogP contribution in [-0.2, 0) is 21.3 Å². The van der Waals surface area contributed by atoms with E-state index < -0.39 is 16.8 Å². The van der Waals surface area contributed by atoms with Gasteiger partial charge in [-0.05, 0) is 24.1 Å². The molecule has 0 aliphatic heterocycles. The minimum Gasteiger partial charge on any atom is -0.286 e. The van der Waals surface area contributed by atoms with Gasteiger partial charge in [-0.1, -0.05) is 25.1 Å². The number of hydrogen-bond acceptors (Lipinski definition) is 4. The molecule has 1 N–H and O–H groups in total. The Morgan fingerprint density at radius 3 is 2.90 bits per heavy atom. The highest BCUT2D eigenvalue weighted by atomic mass is 32.2. The highest BCUT2D eigenvalue weighted by Gasteiger charge is 2.16. The standard InChI is InChI=1S/C15H18N2O3S/c1-2-14(17(19)11-18)10-21(20)9-12-7-13-5-3-4-6-15(13)16-8-12/h3-8,11,14,19H,2,9-10H2,1H3/t14-,21?/m0/s1. The number of para-hydroxylation sites is 1. The summed E-state index contributed by atoms with van der Waals surface area (Å²) in [6, 6.07) is 9.30. The number of carbonyl (C=O) groups excluding carboxylic acids is 1. The molecule has 1 aromatic heterocycles. The van der Waals surface area contributed by atoms with Crippen molar-refractivity contribution < 1.29 is 14.2 Å². The number of benzene rings is 1. The number of fused-ring (bicyclic) bond motifs is 1. The van der Waals surface area contributed by atoms with Crippen LogP contribution in [0.25, 0.3) is 10.9 Å². The van der Waals surface area contributed by atoms with Crippen LogP contribution in [0.4, 0.5) is 0 Å². The molecule has 0 aliphatic rings. The fourth-order valence-electron chi connectivity index (χ4n) is 2.12. The Hall–Kier alpha value is -1.79. The summed E-state index contributed by atoms with van der Waals surface area (Å²) in [5, 5.41) is 11.0. The van der Waals surface area contributed by atoms with E-state index in [-0.39, 0.29) is 5.75 Å². The maximum absolute atomic E-state index is 12.2. The van der Waals surface area contributed by atoms with Crippen molar-refractivity contribution in [3.63, 3.8) is 0 Å². The molecule has 1 amide bonds. The summed E-state index contributed by atoms with van der Waals surface area (Å²) >= 11 is 0. The number of hydrogen-bond donors (Lipinski definition) is 1. The average molecular weight is 306 g/mol. The molecule has 1 aromatic carbocycles. The van der Waals surface area contributed by atoms with Gasteiger partial charge in [-0.15, -0.1) is 0 Å². The molecule has 112 valence electrons. The predicted molar refractivity (Wildman–Crippen MR) is 82.2 cm³/mol. The minimum absolute atomic E-state index is 0.249. The lowest BCUT2D eigenvalue weighted by Crippen LogP contribution is -2.35. The first-order valence-corrected chi connectivity index (χ1v) is 8.24. The predicted octanol–water partition coefficient (Wildman–Crippen LogP) is 2.11. The van der Waals surface area contributed by atoms with E-state index >= 15 is 0 Å². The van der Waals surface area contributed by atoms with Crippen LogP contribution < -0.4 is 0 Å². The second-order valence-corrected chi connectivity index (χ2v) is 6.34. The summed E-state index contributed by atoms with van der Waals surface area (Å²) in [7, 11) is -1.17. The van der Waals surface area contributed by atoms with Crippen molar-refractivity contribution in [3.05, 3.63) is 42.1 Å². The van der Waals surface area contributed by atoms with Gasteiger partial charge in [-0.3, -0.25) is 19.2 Å². The van der Waals surface area contributed by atoms with Crippen LogP contribution in [-0.4, -0.2) is 37.7 Å². The second-order valence-electron chi connectivity index (χ2n) is 4.83. The Kier molecular flexibility index (Phi) is 5.41. The molecule has 2 aromatic rings. The SMILES string of the molecule is CC[C@@H](CS(=O)Cc1cnc2ccccc2c1)N(O)C=O. The highest BCUT2D eigenvalue weighted by Crippen LogP contribution is 2.14. The lowest BCUT2D eigenvalue weighted by atomic mass is 10.2. The van der Waals surface area contributed by atoms with Crippen LogP contribution in [0.5, 0.6) is 0 Å². The normalized spacial score (nSPS) is 13.8. The van der Waals surface area contributed by atoms with Crippen molar-refractivity contribution in [2.75, 3.05) is 5.75 Å². The molecule has 0 spiro atoms. The number of carbonyl (C=O) groups is 1. The van der Waals surface area contributed by atoms with Crippen LogP contribution in [0.3, 0.4) is 0 Å². The van der Waals surface area contributed by atoms with Crippen molar-refractivity contribution in [1.82, 2.24) is 10.0 Å². The molecule has 0 aliphatic carbocycles. The van der Waals surface area contributed by atoms with Crippen molar-refractivity contribution in [2.24, 2.45) is 0 Å². The van der Waals surface area contributed by atoms with Gasteiger partial charge in [0.05, 0.1) is 17.3 Å². The summed E-state index contributed by atoms with van der Waals surface area (Å²) in [5.74, 6) is 0.611. The van der Waals surface area contributed by atoms with Gasteiger partial charge in [0.25, 0.3) is 0 Å². The Labute approximate surface area is 126 Å². The van der Waals surface area contributed by atoms with E-state index in [9.17, 15) is 14.2 Å². The van der Waals surface area contributed by atoms with E-state index in [0.717, 1.165) is 16.5 Å². The van der Waals surface area contributed by atoms with Gasteiger partial charge < -0.3 is 0 Å². The topological polar surface area (TPSA) is 70.5 Å². The molecular formula is C15H18N2O3S. The van der Waals surface area contributed by atoms with Crippen molar-refractivity contribution >= 4 is 28.1 Å². The Bertz CT molecular complexity index is 648. The van der Waals surface area contributed by atoms with Crippen molar-refractivity contribution in [2.45, 2.75) is 25.1 Å². The molecule has 1 heterocycles. The third-order valence-electron chi connectivity index (χ3n) is 3.31. The van der Waals surface area contributed by atoms with Crippen LogP contribution in [0, 0.1) is 0 Å². The number of aromatic nitrogens is 1. The van der Waals surface area contributed by atoms with Crippen LogP contribution >= 0.6 is 0 Å². The lowest BCUT2D eigenvalue weighted by Gasteiger charge is -2.20. The quantitative estimate of drug-likeness (QED) is 0.483. The van der Waals surface area contributed by atoms with Crippen LogP contribution in [0.15, 0.2) is 36.5 Å². The first-order valence-electron chi connectivity index (χ1n) is 6.75. The average Bonchev–Trinajstić information content (AvgIpc) is 2.51. The Morgan fingerprint density at radius 1 is 1.43 bits per heavy atom. The number of nitrogens with zero attached hydrogens (tertiary/aromatic N) is 2. The molecule has 0 saturated heterocycles. The first-order chi connectivity index (χ1) is 10.1. The molecule has 0 saturated carbocycles. The minimum atomic E-state index is -1.17. The Balaban J connectivity index is 2.05. The Morgan fingerprint density at radius 2 is 2.19 bits per heavy atom. The monoisotopic (exact) mass is 306 g/mol. The van der Waals surface area contributed by atoms with Crippen LogP contribution in [0.2, 0.25) is 0 Å². The van der Waals surface area contributed by atoms with E-state index in [1.54, 1.807) is 6.20 Å². The molecule has 0 radical (unpaired) electrons. The molecule has 2 atom stereocenters. The maximum Gasteiger partial charge on any atom is 0.233 e. The zero-order valence-corrected chi connectivity index (χ0v) is 12.6. The van der Waals surface area contributed by atoms with Gasteiger partial charge in [0, 0.05) is 28.1 Å². The summed E-state index contributed by atoms with van der Waals surface area (Å²) in [5.41, 5.74) is 1.79. The second kappa shape index (κ2) is 7.28. The third-order valence-corrected chi connectivity index (χ3v) is 4.72. The largest absolute Gasteiger partial charge is 0.286 e. The molecule has 1 unspecified atom stereocenters. The van der Waals surface area contributed by atoms with Gasteiger partial charge in [-0.2, -0.15) is 0 Å². The van der Waals surface area contributed by atoms with Crippen LogP contribution in [0.1, 0.15) is 18.9 Å². The van der Waals surface area contributed by atoms with Gasteiger partial charge in [-0.25, -0.2) is 5.06 Å². The van der Waals surface area contributed by atoms with Gasteiger partial charge in [0.15, 0.2) is 0 Å². The maximum atomic E-state index is 12.2. The molecule has 6 heteroatoms. The number of hydroxylamine groups is 2. The van der Waals surface area contributed by atoms with E-state index in [1.807, 2.05) is 37.3 Å². The van der Waals surface area contributed by atoms with Crippen molar-refractivity contribution in [3.8, 4) is 0 Å². The van der Waals surface area contributed by atoms with E-state index in [2.05, 4.69) is 4.98 Å². The summed E-state index contributed by atoms with van der Waals surface area (Å²) < 4.78 is 12.2. The number of amides is 1. The molecule has 2 rings (SSSR count). The molecular weight excluding hydrogens is 288 g/mol. The zero-order chi connectivity index (χ0) is 15.2. The van der Waals surface area contributed by atoms with E-state index in [4.69, 9.17) is 0 Å². The molecule has 21 heavy (non-hydrogen) atoms. The van der Waals surface area contributed by atoms with Gasteiger partial charge >= 0.3 is 0 Å². The zero-order valence-electron chi connectivity index (χ0n) is 11.8. The smallest absolute Gasteiger partial charge is 0.233 e.